The van der Waals surface area contributed by atoms with Gasteiger partial charge in [-0.1, -0.05) is 18.2 Å². The van der Waals surface area contributed by atoms with Gasteiger partial charge in [0.2, 0.25) is 0 Å². The predicted molar refractivity (Wildman–Crippen MR) is 80.1 cm³/mol. The van der Waals surface area contributed by atoms with Gasteiger partial charge in [-0.05, 0) is 24.6 Å². The number of carbonyl (C=O) groups excluding carboxylic acids is 1. The summed E-state index contributed by atoms with van der Waals surface area (Å²) >= 11 is 1.68. The van der Waals surface area contributed by atoms with E-state index < -0.39 is 0 Å². The molecule has 1 aliphatic rings. The molecule has 1 aromatic heterocycles. The molecule has 5 heteroatoms. The van der Waals surface area contributed by atoms with Crippen LogP contribution < -0.4 is 0 Å². The zero-order valence-corrected chi connectivity index (χ0v) is 12.2. The standard InChI is InChI=1S/C15H16N2O2S/c1-11-10-14(16-13-5-3-2-4-12(11)13)20-9-7-17-6-8-19-15(17)18/h2-5,10H,6-9H2,1H3. The second kappa shape index (κ2) is 5.71. The zero-order chi connectivity index (χ0) is 13.9. The Hall–Kier alpha value is -1.75. The third-order valence-electron chi connectivity index (χ3n) is 3.36. The molecule has 0 aliphatic carbocycles. The van der Waals surface area contributed by atoms with E-state index in [1.165, 1.54) is 10.9 Å². The highest BCUT2D eigenvalue weighted by Gasteiger charge is 2.21. The Morgan fingerprint density at radius 2 is 2.25 bits per heavy atom. The first-order valence-electron chi connectivity index (χ1n) is 6.65. The zero-order valence-electron chi connectivity index (χ0n) is 11.3. The van der Waals surface area contributed by atoms with Crippen molar-refractivity contribution in [2.45, 2.75) is 11.9 Å². The van der Waals surface area contributed by atoms with E-state index in [9.17, 15) is 4.79 Å². The second-order valence-corrected chi connectivity index (χ2v) is 5.86. The Morgan fingerprint density at radius 3 is 3.05 bits per heavy atom. The van der Waals surface area contributed by atoms with Gasteiger partial charge < -0.3 is 9.64 Å². The van der Waals surface area contributed by atoms with E-state index in [1.54, 1.807) is 16.7 Å². The van der Waals surface area contributed by atoms with Crippen molar-refractivity contribution in [1.29, 1.82) is 0 Å². The Balaban J connectivity index is 1.67. The first-order valence-corrected chi connectivity index (χ1v) is 7.63. The van der Waals surface area contributed by atoms with Crippen LogP contribution in [0.4, 0.5) is 4.79 Å². The number of ether oxygens (including phenoxy) is 1. The van der Waals surface area contributed by atoms with Gasteiger partial charge in [-0.2, -0.15) is 0 Å². The molecule has 0 unspecified atom stereocenters. The summed E-state index contributed by atoms with van der Waals surface area (Å²) in [7, 11) is 0. The summed E-state index contributed by atoms with van der Waals surface area (Å²) in [5.41, 5.74) is 2.26. The topological polar surface area (TPSA) is 42.4 Å². The van der Waals surface area contributed by atoms with Crippen molar-refractivity contribution in [2.24, 2.45) is 0 Å². The number of rotatable bonds is 4. The Kier molecular flexibility index (Phi) is 3.78. The number of hydrogen-bond donors (Lipinski definition) is 0. The van der Waals surface area contributed by atoms with E-state index in [-0.39, 0.29) is 6.09 Å². The number of amides is 1. The summed E-state index contributed by atoms with van der Waals surface area (Å²) in [5, 5.41) is 2.20. The molecule has 3 rings (SSSR count). The van der Waals surface area contributed by atoms with E-state index in [0.29, 0.717) is 19.7 Å². The smallest absolute Gasteiger partial charge is 0.409 e. The fraction of sp³-hybridized carbons (Fsp3) is 0.333. The Bertz CT molecular complexity index is 645. The van der Waals surface area contributed by atoms with Crippen molar-refractivity contribution in [3.63, 3.8) is 0 Å². The molecule has 2 heterocycles. The van der Waals surface area contributed by atoms with E-state index in [1.807, 2.05) is 18.2 Å². The average Bonchev–Trinajstić information content (AvgIpc) is 2.85. The van der Waals surface area contributed by atoms with Crippen molar-refractivity contribution >= 4 is 28.8 Å². The predicted octanol–water partition coefficient (Wildman–Crippen LogP) is 3.09. The minimum Gasteiger partial charge on any atom is -0.448 e. The van der Waals surface area contributed by atoms with E-state index >= 15 is 0 Å². The van der Waals surface area contributed by atoms with Crippen LogP contribution in [0.1, 0.15) is 5.56 Å². The van der Waals surface area contributed by atoms with E-state index in [0.717, 1.165) is 16.3 Å². The molecule has 0 bridgehead atoms. The van der Waals surface area contributed by atoms with Crippen molar-refractivity contribution in [3.8, 4) is 0 Å². The molecule has 1 saturated heterocycles. The SMILES string of the molecule is Cc1cc(SCCN2CCOC2=O)nc2ccccc12. The number of fused-ring (bicyclic) bond motifs is 1. The maximum Gasteiger partial charge on any atom is 0.409 e. The molecule has 1 amide bonds. The minimum absolute atomic E-state index is 0.201. The number of pyridine rings is 1. The normalized spacial score (nSPS) is 14.8. The van der Waals surface area contributed by atoms with Crippen LogP contribution in [-0.2, 0) is 4.74 Å². The molecule has 2 aromatic rings. The largest absolute Gasteiger partial charge is 0.448 e. The molecule has 104 valence electrons. The van der Waals surface area contributed by atoms with Crippen molar-refractivity contribution < 1.29 is 9.53 Å². The maximum absolute atomic E-state index is 11.3. The average molecular weight is 288 g/mol. The van der Waals surface area contributed by atoms with Gasteiger partial charge in [-0.15, -0.1) is 11.8 Å². The van der Waals surface area contributed by atoms with Crippen molar-refractivity contribution in [3.05, 3.63) is 35.9 Å². The molecule has 0 saturated carbocycles. The molecule has 0 spiro atoms. The monoisotopic (exact) mass is 288 g/mol. The van der Waals surface area contributed by atoms with Crippen molar-refractivity contribution in [2.75, 3.05) is 25.4 Å². The number of nitrogens with zero attached hydrogens (tertiary/aromatic N) is 2. The lowest BCUT2D eigenvalue weighted by Crippen LogP contribution is -2.26. The lowest BCUT2D eigenvalue weighted by Gasteiger charge is -2.12. The summed E-state index contributed by atoms with van der Waals surface area (Å²) in [6, 6.07) is 10.3. The van der Waals surface area contributed by atoms with Gasteiger partial charge in [-0.25, -0.2) is 9.78 Å². The van der Waals surface area contributed by atoms with Crippen LogP contribution in [0.25, 0.3) is 10.9 Å². The fourth-order valence-electron chi connectivity index (χ4n) is 2.28. The number of para-hydroxylation sites is 1. The third kappa shape index (κ3) is 2.72. The summed E-state index contributed by atoms with van der Waals surface area (Å²) in [6.45, 7) is 4.02. The van der Waals surface area contributed by atoms with Crippen LogP contribution in [0, 0.1) is 6.92 Å². The highest BCUT2D eigenvalue weighted by Crippen LogP contribution is 2.23. The van der Waals surface area contributed by atoms with Gasteiger partial charge >= 0.3 is 6.09 Å². The fourth-order valence-corrected chi connectivity index (χ4v) is 3.23. The molecule has 4 nitrogen and oxygen atoms in total. The first-order chi connectivity index (χ1) is 9.74. The van der Waals surface area contributed by atoms with Gasteiger partial charge in [-0.3, -0.25) is 0 Å². The van der Waals surface area contributed by atoms with Crippen LogP contribution >= 0.6 is 11.8 Å². The minimum atomic E-state index is -0.201. The number of thioether (sulfide) groups is 1. The number of cyclic esters (lactones) is 1. The highest BCUT2D eigenvalue weighted by molar-refractivity contribution is 7.99. The number of aryl methyl sites for hydroxylation is 1. The summed E-state index contributed by atoms with van der Waals surface area (Å²) in [6.07, 6.45) is -0.201. The number of aromatic nitrogens is 1. The van der Waals surface area contributed by atoms with Gasteiger partial charge in [0.05, 0.1) is 17.1 Å². The third-order valence-corrected chi connectivity index (χ3v) is 4.25. The van der Waals surface area contributed by atoms with Crippen LogP contribution in [0.2, 0.25) is 0 Å². The molecule has 0 N–H and O–H groups in total. The van der Waals surface area contributed by atoms with Gasteiger partial charge in [0.1, 0.15) is 6.61 Å². The highest BCUT2D eigenvalue weighted by atomic mass is 32.2. The lowest BCUT2D eigenvalue weighted by atomic mass is 10.1. The summed E-state index contributed by atoms with van der Waals surface area (Å²) < 4.78 is 4.91. The second-order valence-electron chi connectivity index (χ2n) is 4.74. The first kappa shape index (κ1) is 13.2. The van der Waals surface area contributed by atoms with Crippen LogP contribution in [0.5, 0.6) is 0 Å². The van der Waals surface area contributed by atoms with Crippen LogP contribution in [0.15, 0.2) is 35.4 Å². The lowest BCUT2D eigenvalue weighted by molar-refractivity contribution is 0.160. The molecule has 1 fully saturated rings. The molecule has 1 aliphatic heterocycles. The molecule has 0 radical (unpaired) electrons. The molecular weight excluding hydrogens is 272 g/mol. The van der Waals surface area contributed by atoms with Gasteiger partial charge in [0.15, 0.2) is 0 Å². The molecular formula is C15H16N2O2S. The van der Waals surface area contributed by atoms with E-state index in [2.05, 4.69) is 24.0 Å². The Labute approximate surface area is 122 Å². The maximum atomic E-state index is 11.3. The molecule has 20 heavy (non-hydrogen) atoms. The van der Waals surface area contributed by atoms with Crippen LogP contribution in [0.3, 0.4) is 0 Å². The van der Waals surface area contributed by atoms with Crippen molar-refractivity contribution in [1.82, 2.24) is 9.88 Å². The van der Waals surface area contributed by atoms with E-state index in [4.69, 9.17) is 4.74 Å². The van der Waals surface area contributed by atoms with Gasteiger partial charge in [0, 0.05) is 17.7 Å². The van der Waals surface area contributed by atoms with Gasteiger partial charge in [0.25, 0.3) is 0 Å². The number of benzene rings is 1. The summed E-state index contributed by atoms with van der Waals surface area (Å²) in [4.78, 5) is 17.7. The number of hydrogen-bond acceptors (Lipinski definition) is 4. The quantitative estimate of drug-likeness (QED) is 0.811. The van der Waals surface area contributed by atoms with Crippen LogP contribution in [-0.4, -0.2) is 41.4 Å². The summed E-state index contributed by atoms with van der Waals surface area (Å²) in [5.74, 6) is 0.833. The number of carbonyl (C=O) groups is 1. The molecule has 1 aromatic carbocycles. The Morgan fingerprint density at radius 1 is 1.40 bits per heavy atom. The molecule has 0 atom stereocenters.